The number of benzene rings is 2. The molecule has 10 heteroatoms. The number of ether oxygens (including phenoxy) is 2. The Balaban J connectivity index is 1.47. The second-order valence-electron chi connectivity index (χ2n) is 8.31. The van der Waals surface area contributed by atoms with Gasteiger partial charge in [-0.15, -0.1) is 0 Å². The smallest absolute Gasteiger partial charge is 0.293 e. The van der Waals surface area contributed by atoms with Crippen molar-refractivity contribution in [3.05, 3.63) is 59.4 Å². The van der Waals surface area contributed by atoms with E-state index in [2.05, 4.69) is 5.32 Å². The van der Waals surface area contributed by atoms with Crippen LogP contribution >= 0.6 is 0 Å². The van der Waals surface area contributed by atoms with E-state index in [1.165, 1.54) is 18.2 Å². The maximum absolute atomic E-state index is 13.5. The summed E-state index contributed by atoms with van der Waals surface area (Å²) in [5.41, 5.74) is 1.43. The quantitative estimate of drug-likeness (QED) is 0.207. The summed E-state index contributed by atoms with van der Waals surface area (Å²) in [7, 11) is -3.67. The fourth-order valence-electron chi connectivity index (χ4n) is 3.59. The first-order valence-electron chi connectivity index (χ1n) is 11.8. The van der Waals surface area contributed by atoms with Gasteiger partial charge in [0.15, 0.2) is 11.6 Å². The highest BCUT2D eigenvalue weighted by molar-refractivity contribution is 7.89. The zero-order valence-corrected chi connectivity index (χ0v) is 20.6. The number of aryl methyl sites for hydroxylation is 1. The van der Waals surface area contributed by atoms with Crippen molar-refractivity contribution in [2.24, 2.45) is 5.14 Å². The van der Waals surface area contributed by atoms with Crippen molar-refractivity contribution in [1.29, 1.82) is 0 Å². The lowest BCUT2D eigenvalue weighted by molar-refractivity contribution is -0.133. The van der Waals surface area contributed by atoms with E-state index in [1.807, 2.05) is 6.07 Å². The molecule has 0 aliphatic carbocycles. The molecule has 0 aliphatic heterocycles. The molecule has 4 N–H and O–H groups in total. The number of hydrogen-bond donors (Lipinski definition) is 3. The Labute approximate surface area is 206 Å². The SMILES string of the molecule is NS(=O)(=O)c1cccc(CCCCOCCCCCCNC[C@H](OC=O)c2ccc(O)c(F)c2)c1. The van der Waals surface area contributed by atoms with Crippen molar-refractivity contribution < 1.29 is 32.2 Å². The molecular formula is C25H35FN2O6S. The van der Waals surface area contributed by atoms with Crippen molar-refractivity contribution in [3.63, 3.8) is 0 Å². The van der Waals surface area contributed by atoms with Crippen LogP contribution in [0.4, 0.5) is 4.39 Å². The number of halogens is 1. The molecule has 8 nitrogen and oxygen atoms in total. The van der Waals surface area contributed by atoms with E-state index in [4.69, 9.17) is 14.6 Å². The summed E-state index contributed by atoms with van der Waals surface area (Å²) in [6.45, 7) is 2.82. The molecule has 0 aromatic heterocycles. The molecule has 0 bridgehead atoms. The normalized spacial score (nSPS) is 12.4. The molecule has 0 fully saturated rings. The molecule has 35 heavy (non-hydrogen) atoms. The van der Waals surface area contributed by atoms with Crippen molar-refractivity contribution >= 4 is 16.5 Å². The monoisotopic (exact) mass is 510 g/mol. The minimum atomic E-state index is -3.67. The van der Waals surface area contributed by atoms with Crippen molar-refractivity contribution in [1.82, 2.24) is 5.32 Å². The molecule has 0 saturated carbocycles. The minimum absolute atomic E-state index is 0.142. The first-order valence-corrected chi connectivity index (χ1v) is 13.3. The average Bonchev–Trinajstić information content (AvgIpc) is 2.82. The van der Waals surface area contributed by atoms with E-state index in [0.29, 0.717) is 31.8 Å². The number of sulfonamides is 1. The summed E-state index contributed by atoms with van der Waals surface area (Å²) in [5, 5.41) is 17.7. The molecule has 2 aromatic rings. The van der Waals surface area contributed by atoms with Gasteiger partial charge in [-0.05, 0) is 74.0 Å². The molecule has 0 saturated heterocycles. The molecule has 0 unspecified atom stereocenters. The minimum Gasteiger partial charge on any atom is -0.505 e. The van der Waals surface area contributed by atoms with Crippen LogP contribution in [0.1, 0.15) is 55.8 Å². The third-order valence-corrected chi connectivity index (χ3v) is 6.43. The highest BCUT2D eigenvalue weighted by atomic mass is 32.2. The number of nitrogens with one attached hydrogen (secondary N) is 1. The molecule has 194 valence electrons. The summed E-state index contributed by atoms with van der Waals surface area (Å²) < 4.78 is 47.0. The number of rotatable bonds is 18. The second-order valence-corrected chi connectivity index (χ2v) is 9.87. The van der Waals surface area contributed by atoms with Crippen LogP contribution in [0.3, 0.4) is 0 Å². The van der Waals surface area contributed by atoms with Gasteiger partial charge in [-0.3, -0.25) is 4.79 Å². The molecule has 0 spiro atoms. The van der Waals surface area contributed by atoms with Gasteiger partial charge in [0.1, 0.15) is 6.10 Å². The topological polar surface area (TPSA) is 128 Å². The van der Waals surface area contributed by atoms with Crippen molar-refractivity contribution in [2.45, 2.75) is 55.9 Å². The Morgan fingerprint density at radius 1 is 1.03 bits per heavy atom. The second kappa shape index (κ2) is 15.5. The predicted octanol–water partition coefficient (Wildman–Crippen LogP) is 3.58. The van der Waals surface area contributed by atoms with Gasteiger partial charge in [0.25, 0.3) is 6.47 Å². The molecule has 2 aromatic carbocycles. The van der Waals surface area contributed by atoms with Crippen LogP contribution < -0.4 is 10.5 Å². The van der Waals surface area contributed by atoms with E-state index < -0.39 is 27.7 Å². The van der Waals surface area contributed by atoms with Crippen LogP contribution in [-0.2, 0) is 30.7 Å². The van der Waals surface area contributed by atoms with E-state index in [9.17, 15) is 22.7 Å². The first kappa shape index (κ1) is 28.7. The third kappa shape index (κ3) is 11.2. The Bertz CT molecular complexity index is 1020. The van der Waals surface area contributed by atoms with Crippen LogP contribution in [0, 0.1) is 5.82 Å². The third-order valence-electron chi connectivity index (χ3n) is 5.52. The van der Waals surface area contributed by atoms with Gasteiger partial charge in [0.05, 0.1) is 4.90 Å². The number of nitrogens with two attached hydrogens (primary N) is 1. The van der Waals surface area contributed by atoms with Crippen LogP contribution in [0.15, 0.2) is 47.4 Å². The molecule has 1 atom stereocenters. The fourth-order valence-corrected chi connectivity index (χ4v) is 4.17. The van der Waals surface area contributed by atoms with E-state index in [1.54, 1.807) is 12.1 Å². The van der Waals surface area contributed by atoms with Gasteiger partial charge in [-0.1, -0.05) is 31.0 Å². The van der Waals surface area contributed by atoms with Crippen LogP contribution in [0.5, 0.6) is 5.75 Å². The lowest BCUT2D eigenvalue weighted by atomic mass is 10.1. The number of unbranched alkanes of at least 4 members (excludes halogenated alkanes) is 4. The zero-order chi connectivity index (χ0) is 25.5. The summed E-state index contributed by atoms with van der Waals surface area (Å²) in [4.78, 5) is 10.9. The number of hydrogen-bond acceptors (Lipinski definition) is 7. The van der Waals surface area contributed by atoms with Gasteiger partial charge in [-0.25, -0.2) is 17.9 Å². The molecule has 0 radical (unpaired) electrons. The maximum Gasteiger partial charge on any atom is 0.293 e. The van der Waals surface area contributed by atoms with Gasteiger partial charge in [0, 0.05) is 19.8 Å². The fraction of sp³-hybridized carbons (Fsp3) is 0.480. The van der Waals surface area contributed by atoms with Gasteiger partial charge < -0.3 is 19.9 Å². The molecule has 0 aliphatic rings. The van der Waals surface area contributed by atoms with E-state index in [-0.39, 0.29) is 4.90 Å². The number of primary sulfonamides is 1. The summed E-state index contributed by atoms with van der Waals surface area (Å²) in [6.07, 6.45) is 5.97. The van der Waals surface area contributed by atoms with Crippen molar-refractivity contribution in [2.75, 3.05) is 26.3 Å². The summed E-state index contributed by atoms with van der Waals surface area (Å²) >= 11 is 0. The molecule has 2 rings (SSSR count). The number of aromatic hydroxyl groups is 1. The number of carbonyl (C=O) groups excluding carboxylic acids is 1. The number of phenols is 1. The summed E-state index contributed by atoms with van der Waals surface area (Å²) in [5.74, 6) is -1.19. The van der Waals surface area contributed by atoms with Crippen LogP contribution in [-0.4, -0.2) is 46.3 Å². The van der Waals surface area contributed by atoms with Crippen LogP contribution in [0.2, 0.25) is 0 Å². The number of carbonyl (C=O) groups is 1. The maximum atomic E-state index is 13.5. The average molecular weight is 511 g/mol. The molecule has 0 heterocycles. The zero-order valence-electron chi connectivity index (χ0n) is 19.8. The van der Waals surface area contributed by atoms with Gasteiger partial charge in [-0.2, -0.15) is 0 Å². The Morgan fingerprint density at radius 2 is 1.77 bits per heavy atom. The van der Waals surface area contributed by atoms with Crippen LogP contribution in [0.25, 0.3) is 0 Å². The lowest BCUT2D eigenvalue weighted by Crippen LogP contribution is -2.24. The van der Waals surface area contributed by atoms with E-state index >= 15 is 0 Å². The highest BCUT2D eigenvalue weighted by Gasteiger charge is 2.14. The standard InChI is InChI=1S/C25H35FN2O6S/c26-23-17-21(11-12-24(23)30)25(34-19-29)18-28-13-4-1-2-5-14-33-15-6-3-8-20-9-7-10-22(16-20)35(27,31)32/h7,9-12,16-17,19,25,28,30H,1-6,8,13-15,18H2,(H2,27,31,32)/t25-/m0/s1. The predicted molar refractivity (Wildman–Crippen MR) is 131 cm³/mol. The lowest BCUT2D eigenvalue weighted by Gasteiger charge is -2.16. The van der Waals surface area contributed by atoms with Gasteiger partial charge in [0.2, 0.25) is 10.0 Å². The number of phenolic OH excluding ortho intramolecular Hbond substituents is 1. The molecule has 0 amide bonds. The Hall–Kier alpha value is -2.53. The van der Waals surface area contributed by atoms with Gasteiger partial charge >= 0.3 is 0 Å². The highest BCUT2D eigenvalue weighted by Crippen LogP contribution is 2.22. The Kier molecular flexibility index (Phi) is 12.7. The summed E-state index contributed by atoms with van der Waals surface area (Å²) in [6, 6.07) is 10.6. The molecular weight excluding hydrogens is 475 g/mol. The Morgan fingerprint density at radius 3 is 2.49 bits per heavy atom. The largest absolute Gasteiger partial charge is 0.505 e. The van der Waals surface area contributed by atoms with E-state index in [0.717, 1.165) is 63.1 Å². The van der Waals surface area contributed by atoms with Crippen molar-refractivity contribution in [3.8, 4) is 5.75 Å². The first-order chi connectivity index (χ1) is 16.8.